The van der Waals surface area contributed by atoms with Gasteiger partial charge in [-0.25, -0.2) is 8.78 Å². The highest BCUT2D eigenvalue weighted by atomic mass is 19.3. The third kappa shape index (κ3) is 2.04. The number of nitrogens with one attached hydrogen (secondary N) is 2. The van der Waals surface area contributed by atoms with Gasteiger partial charge in [0.15, 0.2) is 0 Å². The van der Waals surface area contributed by atoms with E-state index >= 15 is 0 Å². The molecule has 0 amide bonds. The average molecular weight is 264 g/mol. The van der Waals surface area contributed by atoms with Crippen molar-refractivity contribution in [2.45, 2.75) is 31.1 Å². The summed E-state index contributed by atoms with van der Waals surface area (Å²) in [7, 11) is 0. The standard InChI is InChI=1S/C15H18F2N2/c1-10-15(4-6-18-7-5-15)12-8-11(9-14(16)17)2-3-13(12)19-10/h2-3,8,14,18-19H,1,4-7,9H2. The van der Waals surface area contributed by atoms with E-state index in [0.717, 1.165) is 42.9 Å². The predicted octanol–water partition coefficient (Wildman–Crippen LogP) is 3.05. The Labute approximate surface area is 111 Å². The molecule has 102 valence electrons. The van der Waals surface area contributed by atoms with Crippen molar-refractivity contribution in [2.75, 3.05) is 18.4 Å². The molecule has 4 heteroatoms. The molecular weight excluding hydrogens is 246 g/mol. The Morgan fingerprint density at radius 1 is 1.26 bits per heavy atom. The van der Waals surface area contributed by atoms with Gasteiger partial charge in [-0.05, 0) is 43.1 Å². The fourth-order valence-electron chi connectivity index (χ4n) is 3.27. The number of benzene rings is 1. The SMILES string of the molecule is C=C1Nc2ccc(CC(F)F)cc2C12CCNCC2. The molecule has 2 aliphatic heterocycles. The van der Waals surface area contributed by atoms with Crippen LogP contribution in [-0.4, -0.2) is 19.5 Å². The maximum Gasteiger partial charge on any atom is 0.242 e. The molecule has 1 aromatic rings. The fraction of sp³-hybridized carbons (Fsp3) is 0.467. The van der Waals surface area contributed by atoms with E-state index in [9.17, 15) is 8.78 Å². The van der Waals surface area contributed by atoms with Crippen molar-refractivity contribution in [1.29, 1.82) is 0 Å². The number of hydrogen-bond donors (Lipinski definition) is 2. The van der Waals surface area contributed by atoms with Crippen LogP contribution in [0.4, 0.5) is 14.5 Å². The predicted molar refractivity (Wildman–Crippen MR) is 72.7 cm³/mol. The van der Waals surface area contributed by atoms with Crippen LogP contribution in [-0.2, 0) is 11.8 Å². The Bertz CT molecular complexity index is 505. The highest BCUT2D eigenvalue weighted by Gasteiger charge is 2.42. The molecule has 1 fully saturated rings. The highest BCUT2D eigenvalue weighted by molar-refractivity contribution is 5.69. The maximum atomic E-state index is 12.5. The summed E-state index contributed by atoms with van der Waals surface area (Å²) in [4.78, 5) is 0. The zero-order valence-electron chi connectivity index (χ0n) is 10.8. The Morgan fingerprint density at radius 3 is 2.68 bits per heavy atom. The summed E-state index contributed by atoms with van der Waals surface area (Å²) in [6.07, 6.45) is -0.512. The van der Waals surface area contributed by atoms with Crippen LogP contribution < -0.4 is 10.6 Å². The van der Waals surface area contributed by atoms with Crippen molar-refractivity contribution in [1.82, 2.24) is 5.32 Å². The minimum absolute atomic E-state index is 0.0707. The topological polar surface area (TPSA) is 24.1 Å². The highest BCUT2D eigenvalue weighted by Crippen LogP contribution is 2.48. The first kappa shape index (κ1) is 12.6. The van der Waals surface area contributed by atoms with E-state index in [-0.39, 0.29) is 11.8 Å². The van der Waals surface area contributed by atoms with E-state index in [0.29, 0.717) is 5.56 Å². The van der Waals surface area contributed by atoms with E-state index in [1.54, 1.807) is 6.07 Å². The van der Waals surface area contributed by atoms with Crippen molar-refractivity contribution in [2.24, 2.45) is 0 Å². The molecule has 0 aromatic heterocycles. The zero-order valence-corrected chi connectivity index (χ0v) is 10.8. The van der Waals surface area contributed by atoms with Gasteiger partial charge >= 0.3 is 0 Å². The summed E-state index contributed by atoms with van der Waals surface area (Å²) in [5.74, 6) is 0. The molecule has 0 aliphatic carbocycles. The van der Waals surface area contributed by atoms with Gasteiger partial charge in [0, 0.05) is 23.2 Å². The second-order valence-corrected chi connectivity index (χ2v) is 5.41. The zero-order chi connectivity index (χ0) is 13.5. The van der Waals surface area contributed by atoms with Crippen molar-refractivity contribution >= 4 is 5.69 Å². The summed E-state index contributed by atoms with van der Waals surface area (Å²) in [5, 5.41) is 6.67. The maximum absolute atomic E-state index is 12.5. The van der Waals surface area contributed by atoms with Crippen molar-refractivity contribution < 1.29 is 8.78 Å². The molecular formula is C15H18F2N2. The van der Waals surface area contributed by atoms with Crippen LogP contribution in [0.2, 0.25) is 0 Å². The van der Waals surface area contributed by atoms with Gasteiger partial charge in [-0.15, -0.1) is 0 Å². The van der Waals surface area contributed by atoms with E-state index in [2.05, 4.69) is 17.2 Å². The summed E-state index contributed by atoms with van der Waals surface area (Å²) >= 11 is 0. The largest absolute Gasteiger partial charge is 0.358 e. The molecule has 1 aromatic carbocycles. The number of allylic oxidation sites excluding steroid dienone is 1. The van der Waals surface area contributed by atoms with Crippen molar-refractivity contribution in [3.05, 3.63) is 41.6 Å². The minimum Gasteiger partial charge on any atom is -0.358 e. The van der Waals surface area contributed by atoms with Crippen LogP contribution in [0.1, 0.15) is 24.0 Å². The number of piperidine rings is 1. The van der Waals surface area contributed by atoms with Crippen LogP contribution >= 0.6 is 0 Å². The number of rotatable bonds is 2. The van der Waals surface area contributed by atoms with Crippen LogP contribution in [0.25, 0.3) is 0 Å². The van der Waals surface area contributed by atoms with Crippen LogP contribution in [0.5, 0.6) is 0 Å². The van der Waals surface area contributed by atoms with Gasteiger partial charge in [0.05, 0.1) is 0 Å². The molecule has 0 saturated carbocycles. The van der Waals surface area contributed by atoms with Gasteiger partial charge in [0.1, 0.15) is 0 Å². The third-order valence-electron chi connectivity index (χ3n) is 4.31. The summed E-state index contributed by atoms with van der Waals surface area (Å²) in [6.45, 7) is 6.04. The summed E-state index contributed by atoms with van der Waals surface area (Å²) < 4.78 is 25.1. The second-order valence-electron chi connectivity index (χ2n) is 5.41. The van der Waals surface area contributed by atoms with E-state index in [4.69, 9.17) is 0 Å². The van der Waals surface area contributed by atoms with E-state index < -0.39 is 6.43 Å². The van der Waals surface area contributed by atoms with Crippen LogP contribution in [0.15, 0.2) is 30.5 Å². The van der Waals surface area contributed by atoms with Crippen molar-refractivity contribution in [3.8, 4) is 0 Å². The number of fused-ring (bicyclic) bond motifs is 2. The Balaban J connectivity index is 2.00. The Morgan fingerprint density at radius 2 is 2.00 bits per heavy atom. The van der Waals surface area contributed by atoms with Crippen LogP contribution in [0.3, 0.4) is 0 Å². The summed E-state index contributed by atoms with van der Waals surface area (Å²) in [5.41, 5.74) is 3.84. The first-order chi connectivity index (χ1) is 9.12. The van der Waals surface area contributed by atoms with Gasteiger partial charge in [-0.3, -0.25) is 0 Å². The first-order valence-corrected chi connectivity index (χ1v) is 6.70. The number of hydrogen-bond acceptors (Lipinski definition) is 2. The summed E-state index contributed by atoms with van der Waals surface area (Å²) in [6, 6.07) is 5.64. The lowest BCUT2D eigenvalue weighted by atomic mass is 9.72. The van der Waals surface area contributed by atoms with Gasteiger partial charge in [0.25, 0.3) is 0 Å². The molecule has 0 unspecified atom stereocenters. The van der Waals surface area contributed by atoms with Gasteiger partial charge in [0.2, 0.25) is 6.43 Å². The van der Waals surface area contributed by atoms with E-state index in [1.807, 2.05) is 12.1 Å². The van der Waals surface area contributed by atoms with Gasteiger partial charge in [-0.2, -0.15) is 0 Å². The molecule has 2 nitrogen and oxygen atoms in total. The molecule has 19 heavy (non-hydrogen) atoms. The molecule has 0 bridgehead atoms. The quantitative estimate of drug-likeness (QED) is 0.858. The molecule has 2 aliphatic rings. The third-order valence-corrected chi connectivity index (χ3v) is 4.31. The minimum atomic E-state index is -2.29. The molecule has 0 atom stereocenters. The number of halogens is 2. The lowest BCUT2D eigenvalue weighted by molar-refractivity contribution is 0.149. The Hall–Kier alpha value is -1.42. The fourth-order valence-corrected chi connectivity index (χ4v) is 3.27. The van der Waals surface area contributed by atoms with Gasteiger partial charge < -0.3 is 10.6 Å². The monoisotopic (exact) mass is 264 g/mol. The second kappa shape index (κ2) is 4.60. The lowest BCUT2D eigenvalue weighted by Gasteiger charge is -2.35. The van der Waals surface area contributed by atoms with Crippen LogP contribution in [0, 0.1) is 0 Å². The van der Waals surface area contributed by atoms with Gasteiger partial charge in [-0.1, -0.05) is 18.7 Å². The molecule has 0 radical (unpaired) electrons. The molecule has 1 saturated heterocycles. The first-order valence-electron chi connectivity index (χ1n) is 6.70. The molecule has 3 rings (SSSR count). The van der Waals surface area contributed by atoms with Crippen molar-refractivity contribution in [3.63, 3.8) is 0 Å². The molecule has 2 N–H and O–H groups in total. The van der Waals surface area contributed by atoms with E-state index in [1.165, 1.54) is 0 Å². The average Bonchev–Trinajstić information content (AvgIpc) is 2.64. The number of alkyl halides is 2. The Kier molecular flexibility index (Phi) is 3.05. The molecule has 1 spiro atoms. The molecule has 2 heterocycles. The normalized spacial score (nSPS) is 20.7. The smallest absolute Gasteiger partial charge is 0.242 e. The lowest BCUT2D eigenvalue weighted by Crippen LogP contribution is -2.39. The number of anilines is 1.